The Morgan fingerprint density at radius 2 is 1.25 bits per heavy atom. The van der Waals surface area contributed by atoms with Gasteiger partial charge in [0.15, 0.2) is 0 Å². The lowest BCUT2D eigenvalue weighted by Crippen LogP contribution is -2.16. The minimum atomic E-state index is -0.420. The smallest absolute Gasteiger partial charge is 0.318 e. The molecule has 0 radical (unpaired) electrons. The van der Waals surface area contributed by atoms with Gasteiger partial charge in [0.2, 0.25) is 0 Å². The van der Waals surface area contributed by atoms with Gasteiger partial charge < -0.3 is 9.84 Å². The Morgan fingerprint density at radius 3 is 1.94 bits per heavy atom. The molecule has 0 aromatic heterocycles. The summed E-state index contributed by atoms with van der Waals surface area (Å²) in [5.74, 6) is -0.180. The van der Waals surface area contributed by atoms with Crippen LogP contribution in [0.25, 0.3) is 32.7 Å². The first-order valence-corrected chi connectivity index (χ1v) is 10.6. The SMILES string of the molecule is C[C@H](C(=O)Oc1ccc2ccccc2c1-c1c(O)ccc2ccccc12)c1ccccc1. The van der Waals surface area contributed by atoms with Gasteiger partial charge in [0.25, 0.3) is 0 Å². The molecular weight excluding hydrogens is 396 g/mol. The van der Waals surface area contributed by atoms with E-state index in [-0.39, 0.29) is 11.7 Å². The third kappa shape index (κ3) is 3.48. The molecular formula is C29H22O3. The number of carbonyl (C=O) groups excluding carboxylic acids is 1. The van der Waals surface area contributed by atoms with Gasteiger partial charge in [-0.15, -0.1) is 0 Å². The van der Waals surface area contributed by atoms with Crippen LogP contribution in [0, 0.1) is 0 Å². The normalized spacial score (nSPS) is 12.0. The number of phenolic OH excluding ortho intramolecular Hbond substituents is 1. The van der Waals surface area contributed by atoms with Crippen molar-refractivity contribution < 1.29 is 14.6 Å². The molecule has 0 fully saturated rings. The lowest BCUT2D eigenvalue weighted by molar-refractivity contribution is -0.135. The fourth-order valence-electron chi connectivity index (χ4n) is 4.19. The number of fused-ring (bicyclic) bond motifs is 2. The molecule has 0 aliphatic rings. The second-order valence-electron chi connectivity index (χ2n) is 7.89. The molecule has 1 atom stereocenters. The number of carbonyl (C=O) groups is 1. The van der Waals surface area contributed by atoms with E-state index < -0.39 is 5.92 Å². The third-order valence-corrected chi connectivity index (χ3v) is 5.91. The van der Waals surface area contributed by atoms with Gasteiger partial charge in [0, 0.05) is 11.1 Å². The van der Waals surface area contributed by atoms with Crippen molar-refractivity contribution in [1.82, 2.24) is 0 Å². The summed E-state index contributed by atoms with van der Waals surface area (Å²) in [7, 11) is 0. The fourth-order valence-corrected chi connectivity index (χ4v) is 4.19. The van der Waals surface area contributed by atoms with Gasteiger partial charge in [0.05, 0.1) is 5.92 Å². The van der Waals surface area contributed by atoms with Crippen LogP contribution in [0.1, 0.15) is 18.4 Å². The third-order valence-electron chi connectivity index (χ3n) is 5.91. The summed E-state index contributed by atoms with van der Waals surface area (Å²) in [4.78, 5) is 13.1. The van der Waals surface area contributed by atoms with Crippen LogP contribution in [0.3, 0.4) is 0 Å². The van der Waals surface area contributed by atoms with E-state index >= 15 is 0 Å². The first-order valence-electron chi connectivity index (χ1n) is 10.6. The van der Waals surface area contributed by atoms with Gasteiger partial charge in [-0.2, -0.15) is 0 Å². The van der Waals surface area contributed by atoms with E-state index in [0.717, 1.165) is 27.1 Å². The van der Waals surface area contributed by atoms with Crippen LogP contribution in [-0.4, -0.2) is 11.1 Å². The minimum absolute atomic E-state index is 0.147. The van der Waals surface area contributed by atoms with E-state index in [4.69, 9.17) is 4.74 Å². The van der Waals surface area contributed by atoms with Gasteiger partial charge in [-0.1, -0.05) is 91.0 Å². The maximum absolute atomic E-state index is 13.1. The van der Waals surface area contributed by atoms with E-state index in [1.165, 1.54) is 0 Å². The molecule has 0 spiro atoms. The topological polar surface area (TPSA) is 46.5 Å². The Balaban J connectivity index is 1.70. The molecule has 32 heavy (non-hydrogen) atoms. The van der Waals surface area contributed by atoms with Crippen molar-refractivity contribution in [3.8, 4) is 22.6 Å². The molecule has 156 valence electrons. The maximum atomic E-state index is 13.1. The predicted octanol–water partition coefficient (Wildman–Crippen LogP) is 7.07. The number of benzene rings is 5. The van der Waals surface area contributed by atoms with Crippen molar-refractivity contribution in [2.75, 3.05) is 0 Å². The number of rotatable bonds is 4. The molecule has 5 aromatic carbocycles. The molecule has 0 aliphatic carbocycles. The van der Waals surface area contributed by atoms with Crippen LogP contribution in [0.5, 0.6) is 11.5 Å². The summed E-state index contributed by atoms with van der Waals surface area (Å²) >= 11 is 0. The molecule has 3 nitrogen and oxygen atoms in total. The Kier molecular flexibility index (Phi) is 5.08. The zero-order valence-corrected chi connectivity index (χ0v) is 17.7. The Labute approximate surface area is 186 Å². The summed E-state index contributed by atoms with van der Waals surface area (Å²) in [6.07, 6.45) is 0. The van der Waals surface area contributed by atoms with Crippen LogP contribution in [-0.2, 0) is 4.79 Å². The second-order valence-corrected chi connectivity index (χ2v) is 7.89. The van der Waals surface area contributed by atoms with Crippen LogP contribution >= 0.6 is 0 Å². The second kappa shape index (κ2) is 8.20. The van der Waals surface area contributed by atoms with E-state index in [0.29, 0.717) is 16.9 Å². The standard InChI is InChI=1S/C29H22O3/c1-19(20-9-3-2-4-10-20)29(31)32-26-18-16-22-12-6-8-14-24(22)28(26)27-23-13-7-5-11-21(23)15-17-25(27)30/h2-19,30H,1H3/t19-/m0/s1. The maximum Gasteiger partial charge on any atom is 0.318 e. The molecule has 1 N–H and O–H groups in total. The molecule has 0 aliphatic heterocycles. The van der Waals surface area contributed by atoms with E-state index in [1.54, 1.807) is 6.07 Å². The van der Waals surface area contributed by atoms with Gasteiger partial charge in [0.1, 0.15) is 11.5 Å². The summed E-state index contributed by atoms with van der Waals surface area (Å²) < 4.78 is 5.98. The summed E-state index contributed by atoms with van der Waals surface area (Å²) in [6, 6.07) is 32.7. The summed E-state index contributed by atoms with van der Waals surface area (Å²) in [5.41, 5.74) is 2.27. The Bertz CT molecular complexity index is 1440. The molecule has 0 unspecified atom stereocenters. The number of phenols is 1. The number of hydrogen-bond donors (Lipinski definition) is 1. The molecule has 3 heteroatoms. The molecule has 0 heterocycles. The zero-order chi connectivity index (χ0) is 22.1. The van der Waals surface area contributed by atoms with Gasteiger partial charge >= 0.3 is 5.97 Å². The number of hydrogen-bond acceptors (Lipinski definition) is 3. The van der Waals surface area contributed by atoms with Crippen molar-refractivity contribution in [2.24, 2.45) is 0 Å². The minimum Gasteiger partial charge on any atom is -0.507 e. The van der Waals surface area contributed by atoms with Crippen molar-refractivity contribution in [1.29, 1.82) is 0 Å². The summed E-state index contributed by atoms with van der Waals surface area (Å²) in [6.45, 7) is 1.84. The zero-order valence-electron chi connectivity index (χ0n) is 17.7. The Morgan fingerprint density at radius 1 is 0.688 bits per heavy atom. The van der Waals surface area contributed by atoms with Crippen molar-refractivity contribution in [3.63, 3.8) is 0 Å². The molecule has 5 rings (SSSR count). The van der Waals surface area contributed by atoms with E-state index in [1.807, 2.05) is 104 Å². The highest BCUT2D eigenvalue weighted by molar-refractivity contribution is 6.10. The average molecular weight is 418 g/mol. The van der Waals surface area contributed by atoms with Crippen molar-refractivity contribution in [3.05, 3.63) is 109 Å². The van der Waals surface area contributed by atoms with Gasteiger partial charge in [-0.3, -0.25) is 4.79 Å². The lowest BCUT2D eigenvalue weighted by Gasteiger charge is -2.18. The molecule has 0 bridgehead atoms. The van der Waals surface area contributed by atoms with Crippen LogP contribution in [0.2, 0.25) is 0 Å². The van der Waals surface area contributed by atoms with E-state index in [9.17, 15) is 9.90 Å². The number of ether oxygens (including phenoxy) is 1. The van der Waals surface area contributed by atoms with Crippen LogP contribution in [0.4, 0.5) is 0 Å². The first-order chi connectivity index (χ1) is 15.6. The lowest BCUT2D eigenvalue weighted by atomic mass is 9.92. The predicted molar refractivity (Wildman–Crippen MR) is 129 cm³/mol. The van der Waals surface area contributed by atoms with Gasteiger partial charge in [-0.25, -0.2) is 0 Å². The summed E-state index contributed by atoms with van der Waals surface area (Å²) in [5, 5.41) is 14.7. The fraction of sp³-hybridized carbons (Fsp3) is 0.0690. The number of esters is 1. The van der Waals surface area contributed by atoms with Crippen LogP contribution in [0.15, 0.2) is 103 Å². The molecule has 0 saturated carbocycles. The highest BCUT2D eigenvalue weighted by Gasteiger charge is 2.22. The quantitative estimate of drug-likeness (QED) is 0.251. The van der Waals surface area contributed by atoms with Crippen molar-refractivity contribution in [2.45, 2.75) is 12.8 Å². The Hall–Kier alpha value is -4.11. The van der Waals surface area contributed by atoms with Crippen molar-refractivity contribution >= 4 is 27.5 Å². The van der Waals surface area contributed by atoms with Gasteiger partial charge in [-0.05, 0) is 46.2 Å². The highest BCUT2D eigenvalue weighted by Crippen LogP contribution is 2.45. The largest absolute Gasteiger partial charge is 0.507 e. The number of aromatic hydroxyl groups is 1. The molecule has 5 aromatic rings. The monoisotopic (exact) mass is 418 g/mol. The van der Waals surface area contributed by atoms with Crippen LogP contribution < -0.4 is 4.74 Å². The first kappa shape index (κ1) is 19.8. The average Bonchev–Trinajstić information content (AvgIpc) is 2.84. The van der Waals surface area contributed by atoms with E-state index in [2.05, 4.69) is 0 Å². The highest BCUT2D eigenvalue weighted by atomic mass is 16.5. The molecule has 0 saturated heterocycles. The molecule has 0 amide bonds.